The van der Waals surface area contributed by atoms with E-state index in [1.807, 2.05) is 0 Å². The minimum atomic E-state index is -4.96. The van der Waals surface area contributed by atoms with Gasteiger partial charge in [-0.15, -0.1) is 0 Å². The van der Waals surface area contributed by atoms with Gasteiger partial charge in [0.25, 0.3) is 0 Å². The summed E-state index contributed by atoms with van der Waals surface area (Å²) < 4.78 is 83.7. The number of ether oxygens (including phenoxy) is 1. The van der Waals surface area contributed by atoms with Crippen LogP contribution in [0.4, 0.5) is 32.0 Å². The summed E-state index contributed by atoms with van der Waals surface area (Å²) in [5.74, 6) is 0.465. The van der Waals surface area contributed by atoms with E-state index in [-0.39, 0.29) is 29.0 Å². The zero-order valence-corrected chi connectivity index (χ0v) is 19.3. The second kappa shape index (κ2) is 10.7. The minimum absolute atomic E-state index is 0.0179. The van der Waals surface area contributed by atoms with Crippen molar-refractivity contribution in [2.75, 3.05) is 12.4 Å². The molecule has 0 aliphatic heterocycles. The first-order valence-corrected chi connectivity index (χ1v) is 11.0. The number of halogens is 6. The molecule has 2 unspecified atom stereocenters. The number of aromatic hydroxyl groups is 1. The molecule has 5 nitrogen and oxygen atoms in total. The van der Waals surface area contributed by atoms with Crippen molar-refractivity contribution in [3.63, 3.8) is 0 Å². The van der Waals surface area contributed by atoms with E-state index >= 15 is 0 Å². The Morgan fingerprint density at radius 1 is 1.03 bits per heavy atom. The highest BCUT2D eigenvalue weighted by atomic mass is 32.1. The van der Waals surface area contributed by atoms with Crippen molar-refractivity contribution in [1.29, 1.82) is 0 Å². The predicted molar refractivity (Wildman–Crippen MR) is 124 cm³/mol. The fourth-order valence-electron chi connectivity index (χ4n) is 3.76. The van der Waals surface area contributed by atoms with Crippen LogP contribution in [-0.4, -0.2) is 35.6 Å². The van der Waals surface area contributed by atoms with Crippen LogP contribution >= 0.6 is 12.2 Å². The summed E-state index contributed by atoms with van der Waals surface area (Å²) in [5.41, 5.74) is -2.82. The molecule has 1 saturated carbocycles. The molecule has 190 valence electrons. The van der Waals surface area contributed by atoms with Gasteiger partial charge >= 0.3 is 12.4 Å². The van der Waals surface area contributed by atoms with Crippen LogP contribution in [0.15, 0.2) is 41.4 Å². The highest BCUT2D eigenvalue weighted by Gasteiger charge is 2.37. The van der Waals surface area contributed by atoms with Crippen LogP contribution in [0.25, 0.3) is 0 Å². The van der Waals surface area contributed by atoms with Gasteiger partial charge in [0.05, 0.1) is 30.3 Å². The molecule has 0 spiro atoms. The van der Waals surface area contributed by atoms with Gasteiger partial charge in [-0.2, -0.15) is 26.3 Å². The van der Waals surface area contributed by atoms with E-state index in [1.54, 1.807) is 12.1 Å². The first-order chi connectivity index (χ1) is 16.4. The predicted octanol–water partition coefficient (Wildman–Crippen LogP) is 6.16. The van der Waals surface area contributed by atoms with Gasteiger partial charge in [0.2, 0.25) is 0 Å². The SMILES string of the molecule is COc1ccc(C=NC2CCCCC2NC(=S)Nc2cc(C(F)(F)F)cc(C(F)(F)F)c2)c(O)c1. The van der Waals surface area contributed by atoms with Gasteiger partial charge in [0, 0.05) is 23.5 Å². The fraction of sp³-hybridized carbons (Fsp3) is 0.391. The lowest BCUT2D eigenvalue weighted by Gasteiger charge is -2.30. The Hall–Kier alpha value is -3.02. The summed E-state index contributed by atoms with van der Waals surface area (Å²) in [4.78, 5) is 4.53. The lowest BCUT2D eigenvalue weighted by molar-refractivity contribution is -0.143. The van der Waals surface area contributed by atoms with E-state index in [9.17, 15) is 31.4 Å². The molecule has 35 heavy (non-hydrogen) atoms. The molecule has 1 fully saturated rings. The second-order valence-electron chi connectivity index (χ2n) is 8.05. The number of phenolic OH excluding ortho intramolecular Hbond substituents is 1. The third kappa shape index (κ3) is 7.23. The van der Waals surface area contributed by atoms with Gasteiger partial charge < -0.3 is 20.5 Å². The maximum absolute atomic E-state index is 13.1. The summed E-state index contributed by atoms with van der Waals surface area (Å²) in [5, 5.41) is 15.4. The molecule has 2 atom stereocenters. The highest BCUT2D eigenvalue weighted by molar-refractivity contribution is 7.80. The number of anilines is 1. The largest absolute Gasteiger partial charge is 0.507 e. The number of benzene rings is 2. The summed E-state index contributed by atoms with van der Waals surface area (Å²) in [6.07, 6.45) is -5.33. The number of phenols is 1. The summed E-state index contributed by atoms with van der Waals surface area (Å²) in [6, 6.07) is 5.40. The molecule has 0 heterocycles. The molecular formula is C23H23F6N3O2S. The number of methoxy groups -OCH3 is 1. The van der Waals surface area contributed by atoms with Crippen molar-refractivity contribution in [2.45, 2.75) is 50.1 Å². The molecule has 0 saturated heterocycles. The van der Waals surface area contributed by atoms with Crippen molar-refractivity contribution in [3.05, 3.63) is 53.1 Å². The van der Waals surface area contributed by atoms with Gasteiger partial charge in [0.1, 0.15) is 11.5 Å². The number of hydrogen-bond acceptors (Lipinski definition) is 4. The smallest absolute Gasteiger partial charge is 0.416 e. The lowest BCUT2D eigenvalue weighted by Crippen LogP contribution is -2.46. The Morgan fingerprint density at radius 3 is 2.23 bits per heavy atom. The number of hydrogen-bond donors (Lipinski definition) is 3. The topological polar surface area (TPSA) is 65.9 Å². The zero-order chi connectivity index (χ0) is 25.8. The third-order valence-electron chi connectivity index (χ3n) is 5.53. The van der Waals surface area contributed by atoms with Gasteiger partial charge in [-0.25, -0.2) is 0 Å². The molecule has 2 aromatic rings. The van der Waals surface area contributed by atoms with Gasteiger partial charge in [-0.05, 0) is 55.4 Å². The number of alkyl halides is 6. The summed E-state index contributed by atoms with van der Waals surface area (Å²) in [7, 11) is 1.47. The molecule has 1 aliphatic rings. The monoisotopic (exact) mass is 519 g/mol. The fourth-order valence-corrected chi connectivity index (χ4v) is 4.03. The standard InChI is InChI=1S/C23H23F6N3O2S/c1-34-17-7-6-13(20(33)11-17)12-30-18-4-2-3-5-19(18)32-21(35)31-16-9-14(22(24,25)26)8-15(10-16)23(27,28)29/h6-12,18-19,33H,2-5H2,1H3,(H2,31,32,35). The molecule has 3 N–H and O–H groups in total. The first-order valence-electron chi connectivity index (χ1n) is 10.6. The van der Waals surface area contributed by atoms with Crippen molar-refractivity contribution < 1.29 is 36.2 Å². The van der Waals surface area contributed by atoms with Crippen LogP contribution in [0.2, 0.25) is 0 Å². The maximum Gasteiger partial charge on any atom is 0.416 e. The Balaban J connectivity index is 1.73. The zero-order valence-electron chi connectivity index (χ0n) is 18.5. The minimum Gasteiger partial charge on any atom is -0.507 e. The highest BCUT2D eigenvalue weighted by Crippen LogP contribution is 2.37. The Bertz CT molecular complexity index is 1060. The summed E-state index contributed by atoms with van der Waals surface area (Å²) >= 11 is 5.18. The summed E-state index contributed by atoms with van der Waals surface area (Å²) in [6.45, 7) is 0. The number of thiocarbonyl (C=S) groups is 1. The number of nitrogens with zero attached hydrogens (tertiary/aromatic N) is 1. The molecule has 12 heteroatoms. The van der Waals surface area contributed by atoms with E-state index < -0.39 is 29.2 Å². The van der Waals surface area contributed by atoms with Gasteiger partial charge in [0.15, 0.2) is 5.11 Å². The number of rotatable bonds is 5. The average Bonchev–Trinajstić information content (AvgIpc) is 2.77. The molecule has 1 aliphatic carbocycles. The van der Waals surface area contributed by atoms with Gasteiger partial charge in [-0.3, -0.25) is 4.99 Å². The normalized spacial score (nSPS) is 18.9. The third-order valence-corrected chi connectivity index (χ3v) is 5.75. The van der Waals surface area contributed by atoms with Gasteiger partial charge in [-0.1, -0.05) is 12.8 Å². The molecule has 3 rings (SSSR count). The molecule has 0 aromatic heterocycles. The quantitative estimate of drug-likeness (QED) is 0.251. The van der Waals surface area contributed by atoms with Crippen LogP contribution in [0.1, 0.15) is 42.4 Å². The van der Waals surface area contributed by atoms with Crippen molar-refractivity contribution >= 4 is 29.2 Å². The second-order valence-corrected chi connectivity index (χ2v) is 8.46. The molecule has 0 amide bonds. The molecule has 0 radical (unpaired) electrons. The van der Waals surface area contributed by atoms with Crippen LogP contribution in [-0.2, 0) is 12.4 Å². The lowest BCUT2D eigenvalue weighted by atomic mass is 9.91. The van der Waals surface area contributed by atoms with E-state index in [2.05, 4.69) is 15.6 Å². The van der Waals surface area contributed by atoms with Crippen LogP contribution < -0.4 is 15.4 Å². The Kier molecular flexibility index (Phi) is 8.14. The van der Waals surface area contributed by atoms with Crippen molar-refractivity contribution in [3.8, 4) is 11.5 Å². The Labute approximate surface area is 203 Å². The Morgan fingerprint density at radius 2 is 1.66 bits per heavy atom. The maximum atomic E-state index is 13.1. The van der Waals surface area contributed by atoms with E-state index in [1.165, 1.54) is 19.4 Å². The first kappa shape index (κ1) is 26.6. The molecule has 0 bridgehead atoms. The number of nitrogens with one attached hydrogen (secondary N) is 2. The van der Waals surface area contributed by atoms with Crippen molar-refractivity contribution in [2.24, 2.45) is 4.99 Å². The molecule has 2 aromatic carbocycles. The van der Waals surface area contributed by atoms with E-state index in [0.29, 0.717) is 36.3 Å². The van der Waals surface area contributed by atoms with Crippen LogP contribution in [0.5, 0.6) is 11.5 Å². The van der Waals surface area contributed by atoms with Crippen molar-refractivity contribution in [1.82, 2.24) is 5.32 Å². The number of aliphatic imine (C=N–C) groups is 1. The average molecular weight is 520 g/mol. The van der Waals surface area contributed by atoms with Crippen LogP contribution in [0, 0.1) is 0 Å². The van der Waals surface area contributed by atoms with Crippen LogP contribution in [0.3, 0.4) is 0 Å². The van der Waals surface area contributed by atoms with E-state index in [4.69, 9.17) is 17.0 Å². The molecular weight excluding hydrogens is 496 g/mol. The van der Waals surface area contributed by atoms with E-state index in [0.717, 1.165) is 12.8 Å².